The van der Waals surface area contributed by atoms with Gasteiger partial charge in [0.05, 0.1) is 22.8 Å². The van der Waals surface area contributed by atoms with Crippen molar-refractivity contribution in [3.63, 3.8) is 0 Å². The topological polar surface area (TPSA) is 76.7 Å². The third-order valence-corrected chi connectivity index (χ3v) is 5.23. The number of amides is 2. The normalized spacial score (nSPS) is 14.4. The lowest BCUT2D eigenvalue weighted by Crippen LogP contribution is -2.28. The Bertz CT molecular complexity index is 883. The van der Waals surface area contributed by atoms with Gasteiger partial charge in [-0.1, -0.05) is 23.2 Å². The molecule has 2 N–H and O–H groups in total. The Labute approximate surface area is 173 Å². The molecular weight excluding hydrogens is 403 g/mol. The standard InChI is InChI=1S/C20H20Cl2N2O4/c1-27-18-5-2-13(20(26)23-14-3-4-15(21)16(22)11-14)10-17(18)24-19(25)12-6-8-28-9-7-12/h2-5,10-12H,6-9H2,1H3,(H,23,26)(H,24,25). The van der Waals surface area contributed by atoms with E-state index in [1.165, 1.54) is 7.11 Å². The summed E-state index contributed by atoms with van der Waals surface area (Å²) in [6.45, 7) is 1.14. The molecule has 1 heterocycles. The number of rotatable bonds is 5. The second kappa shape index (κ2) is 9.28. The number of benzene rings is 2. The van der Waals surface area contributed by atoms with Gasteiger partial charge in [0.1, 0.15) is 5.75 Å². The number of hydrogen-bond donors (Lipinski definition) is 2. The molecule has 2 aromatic rings. The number of anilines is 2. The maximum absolute atomic E-state index is 12.6. The second-order valence-corrected chi connectivity index (χ2v) is 7.19. The van der Waals surface area contributed by atoms with Gasteiger partial charge in [0.25, 0.3) is 5.91 Å². The molecule has 6 nitrogen and oxygen atoms in total. The van der Waals surface area contributed by atoms with Gasteiger partial charge in [0.15, 0.2) is 0 Å². The van der Waals surface area contributed by atoms with Gasteiger partial charge in [-0.25, -0.2) is 0 Å². The molecule has 1 aliphatic rings. The van der Waals surface area contributed by atoms with Gasteiger partial charge in [-0.2, -0.15) is 0 Å². The van der Waals surface area contributed by atoms with Crippen LogP contribution < -0.4 is 15.4 Å². The number of carbonyl (C=O) groups excluding carboxylic acids is 2. The van der Waals surface area contributed by atoms with Crippen molar-refractivity contribution in [2.45, 2.75) is 12.8 Å². The van der Waals surface area contributed by atoms with E-state index in [1.54, 1.807) is 36.4 Å². The Balaban J connectivity index is 1.76. The average Bonchev–Trinajstić information content (AvgIpc) is 2.71. The van der Waals surface area contributed by atoms with Crippen LogP contribution in [0.2, 0.25) is 10.0 Å². The first-order chi connectivity index (χ1) is 13.5. The molecule has 8 heteroatoms. The molecule has 0 radical (unpaired) electrons. The highest BCUT2D eigenvalue weighted by molar-refractivity contribution is 6.42. The molecule has 2 aromatic carbocycles. The van der Waals surface area contributed by atoms with Crippen molar-refractivity contribution in [2.75, 3.05) is 31.0 Å². The number of hydrogen-bond acceptors (Lipinski definition) is 4. The third kappa shape index (κ3) is 4.95. The van der Waals surface area contributed by atoms with Crippen LogP contribution in [-0.4, -0.2) is 32.1 Å². The molecule has 0 unspecified atom stereocenters. The van der Waals surface area contributed by atoms with Gasteiger partial charge in [0, 0.05) is 30.4 Å². The summed E-state index contributed by atoms with van der Waals surface area (Å²) < 4.78 is 10.6. The van der Waals surface area contributed by atoms with E-state index in [1.807, 2.05) is 0 Å². The fourth-order valence-electron chi connectivity index (χ4n) is 2.92. The summed E-state index contributed by atoms with van der Waals surface area (Å²) in [6.07, 6.45) is 1.34. The number of carbonyl (C=O) groups is 2. The zero-order chi connectivity index (χ0) is 20.1. The van der Waals surface area contributed by atoms with E-state index in [0.717, 1.165) is 0 Å². The fourth-order valence-corrected chi connectivity index (χ4v) is 3.22. The molecule has 0 bridgehead atoms. The van der Waals surface area contributed by atoms with E-state index in [2.05, 4.69) is 10.6 Å². The Hall–Kier alpha value is -2.28. The van der Waals surface area contributed by atoms with Crippen LogP contribution in [0.3, 0.4) is 0 Å². The van der Waals surface area contributed by atoms with E-state index in [-0.39, 0.29) is 17.7 Å². The van der Waals surface area contributed by atoms with Gasteiger partial charge >= 0.3 is 0 Å². The zero-order valence-corrected chi connectivity index (χ0v) is 16.8. The van der Waals surface area contributed by atoms with Gasteiger partial charge in [-0.3, -0.25) is 9.59 Å². The molecular formula is C20H20Cl2N2O4. The minimum Gasteiger partial charge on any atom is -0.495 e. The monoisotopic (exact) mass is 422 g/mol. The van der Waals surface area contributed by atoms with Crippen LogP contribution in [0, 0.1) is 5.92 Å². The second-order valence-electron chi connectivity index (χ2n) is 6.37. The molecule has 3 rings (SSSR count). The van der Waals surface area contributed by atoms with Crippen molar-refractivity contribution < 1.29 is 19.1 Å². The molecule has 1 fully saturated rings. The van der Waals surface area contributed by atoms with Crippen molar-refractivity contribution in [1.82, 2.24) is 0 Å². The molecule has 2 amide bonds. The molecule has 0 atom stereocenters. The highest BCUT2D eigenvalue weighted by atomic mass is 35.5. The molecule has 0 aromatic heterocycles. The van der Waals surface area contributed by atoms with Crippen LogP contribution >= 0.6 is 23.2 Å². The van der Waals surface area contributed by atoms with Crippen LogP contribution in [0.1, 0.15) is 23.2 Å². The molecule has 1 saturated heterocycles. The molecule has 0 spiro atoms. The SMILES string of the molecule is COc1ccc(C(=O)Nc2ccc(Cl)c(Cl)c2)cc1NC(=O)C1CCOCC1. The Morgan fingerprint density at radius 2 is 1.79 bits per heavy atom. The first kappa shape index (κ1) is 20.5. The Kier molecular flexibility index (Phi) is 6.78. The summed E-state index contributed by atoms with van der Waals surface area (Å²) in [4.78, 5) is 25.1. The molecule has 28 heavy (non-hydrogen) atoms. The van der Waals surface area contributed by atoms with Crippen LogP contribution in [0.5, 0.6) is 5.75 Å². The minimum absolute atomic E-state index is 0.108. The van der Waals surface area contributed by atoms with Crippen LogP contribution in [0.15, 0.2) is 36.4 Å². The zero-order valence-electron chi connectivity index (χ0n) is 15.3. The van der Waals surface area contributed by atoms with Crippen molar-refractivity contribution in [3.8, 4) is 5.75 Å². The number of halogens is 2. The highest BCUT2D eigenvalue weighted by Crippen LogP contribution is 2.29. The highest BCUT2D eigenvalue weighted by Gasteiger charge is 2.23. The van der Waals surface area contributed by atoms with Crippen LogP contribution in [-0.2, 0) is 9.53 Å². The predicted molar refractivity (Wildman–Crippen MR) is 110 cm³/mol. The van der Waals surface area contributed by atoms with E-state index >= 15 is 0 Å². The van der Waals surface area contributed by atoms with Crippen molar-refractivity contribution in [1.29, 1.82) is 0 Å². The average molecular weight is 423 g/mol. The largest absolute Gasteiger partial charge is 0.495 e. The van der Waals surface area contributed by atoms with Gasteiger partial charge in [-0.05, 0) is 49.2 Å². The van der Waals surface area contributed by atoms with Crippen molar-refractivity contribution in [2.24, 2.45) is 5.92 Å². The van der Waals surface area contributed by atoms with Gasteiger partial charge < -0.3 is 20.1 Å². The molecule has 0 aliphatic carbocycles. The van der Waals surface area contributed by atoms with E-state index in [0.29, 0.717) is 58.8 Å². The summed E-state index contributed by atoms with van der Waals surface area (Å²) in [7, 11) is 1.51. The van der Waals surface area contributed by atoms with E-state index in [4.69, 9.17) is 32.7 Å². The van der Waals surface area contributed by atoms with Gasteiger partial charge in [0.2, 0.25) is 5.91 Å². The maximum atomic E-state index is 12.6. The first-order valence-electron chi connectivity index (χ1n) is 8.81. The minimum atomic E-state index is -0.345. The lowest BCUT2D eigenvalue weighted by Gasteiger charge is -2.22. The molecule has 148 valence electrons. The van der Waals surface area contributed by atoms with Crippen molar-refractivity contribution in [3.05, 3.63) is 52.0 Å². The first-order valence-corrected chi connectivity index (χ1v) is 9.56. The summed E-state index contributed by atoms with van der Waals surface area (Å²) in [5.41, 5.74) is 1.33. The van der Waals surface area contributed by atoms with E-state index in [9.17, 15) is 9.59 Å². The quantitative estimate of drug-likeness (QED) is 0.736. The number of nitrogens with one attached hydrogen (secondary N) is 2. The summed E-state index contributed by atoms with van der Waals surface area (Å²) in [5.74, 6) is -0.0927. The van der Waals surface area contributed by atoms with Gasteiger partial charge in [-0.15, -0.1) is 0 Å². The summed E-state index contributed by atoms with van der Waals surface area (Å²) >= 11 is 11.9. The van der Waals surface area contributed by atoms with Crippen LogP contribution in [0.4, 0.5) is 11.4 Å². The summed E-state index contributed by atoms with van der Waals surface area (Å²) in [5, 5.41) is 6.38. The fraction of sp³-hybridized carbons (Fsp3) is 0.300. The maximum Gasteiger partial charge on any atom is 0.255 e. The van der Waals surface area contributed by atoms with Crippen molar-refractivity contribution >= 4 is 46.4 Å². The molecule has 0 saturated carbocycles. The third-order valence-electron chi connectivity index (χ3n) is 4.49. The molecule has 1 aliphatic heterocycles. The lowest BCUT2D eigenvalue weighted by molar-refractivity contribution is -0.122. The lowest BCUT2D eigenvalue weighted by atomic mass is 9.99. The summed E-state index contributed by atoms with van der Waals surface area (Å²) in [6, 6.07) is 9.68. The van der Waals surface area contributed by atoms with Crippen LogP contribution in [0.25, 0.3) is 0 Å². The Morgan fingerprint density at radius 1 is 1.04 bits per heavy atom. The smallest absolute Gasteiger partial charge is 0.255 e. The van der Waals surface area contributed by atoms with E-state index < -0.39 is 0 Å². The number of ether oxygens (including phenoxy) is 2. The predicted octanol–water partition coefficient (Wildman–Crippen LogP) is 4.62. The Morgan fingerprint density at radius 3 is 2.46 bits per heavy atom. The number of methoxy groups -OCH3 is 1.